The Bertz CT molecular complexity index is 424. The Balaban J connectivity index is 2.86. The minimum absolute atomic E-state index is 0.00490. The van der Waals surface area contributed by atoms with Crippen LogP contribution in [0, 0.1) is 5.82 Å². The molecule has 0 spiro atoms. The zero-order valence-corrected chi connectivity index (χ0v) is 13.0. The Kier molecular flexibility index (Phi) is 5.41. The van der Waals surface area contributed by atoms with E-state index in [2.05, 4.69) is 37.2 Å². The van der Waals surface area contributed by atoms with Crippen LogP contribution >= 0.6 is 43.5 Å². The molecular formula is C11H11Br2ClFNO. The molecule has 1 N–H and O–H groups in total. The van der Waals surface area contributed by atoms with Gasteiger partial charge in [0.05, 0.1) is 10.6 Å². The number of benzene rings is 1. The lowest BCUT2D eigenvalue weighted by atomic mass is 10.1. The first kappa shape index (κ1) is 14.9. The van der Waals surface area contributed by atoms with Gasteiger partial charge in [0.15, 0.2) is 0 Å². The summed E-state index contributed by atoms with van der Waals surface area (Å²) in [6, 6.07) is 3.98. The van der Waals surface area contributed by atoms with Crippen molar-refractivity contribution in [3.8, 4) is 0 Å². The van der Waals surface area contributed by atoms with Crippen LogP contribution in [0.1, 0.15) is 17.3 Å². The highest BCUT2D eigenvalue weighted by atomic mass is 79.9. The molecule has 0 aliphatic carbocycles. The molecule has 6 heteroatoms. The fourth-order valence-corrected chi connectivity index (χ4v) is 2.41. The van der Waals surface area contributed by atoms with Gasteiger partial charge in [-0.15, -0.1) is 0 Å². The molecule has 1 rings (SSSR count). The molecule has 0 saturated carbocycles. The summed E-state index contributed by atoms with van der Waals surface area (Å²) in [4.78, 5) is 11.9. The molecule has 0 unspecified atom stereocenters. The van der Waals surface area contributed by atoms with Crippen molar-refractivity contribution in [2.24, 2.45) is 0 Å². The van der Waals surface area contributed by atoms with Crippen molar-refractivity contribution in [2.45, 2.75) is 12.5 Å². The van der Waals surface area contributed by atoms with Crippen molar-refractivity contribution >= 4 is 49.4 Å². The number of amides is 1. The molecule has 0 radical (unpaired) electrons. The van der Waals surface area contributed by atoms with Crippen LogP contribution in [0.2, 0.25) is 5.02 Å². The van der Waals surface area contributed by atoms with E-state index in [1.54, 1.807) is 0 Å². The Labute approximate surface area is 121 Å². The highest BCUT2D eigenvalue weighted by Crippen LogP contribution is 2.17. The monoisotopic (exact) mass is 385 g/mol. The van der Waals surface area contributed by atoms with Crippen LogP contribution in [0.25, 0.3) is 0 Å². The summed E-state index contributed by atoms with van der Waals surface area (Å²) in [5, 5.41) is 4.00. The molecule has 1 aromatic carbocycles. The average Bonchev–Trinajstić information content (AvgIpc) is 2.32. The van der Waals surface area contributed by atoms with E-state index >= 15 is 0 Å². The lowest BCUT2D eigenvalue weighted by Gasteiger charge is -2.26. The summed E-state index contributed by atoms with van der Waals surface area (Å²) in [6.45, 7) is 1.88. The molecule has 0 atom stereocenters. The second-order valence-electron chi connectivity index (χ2n) is 3.91. The first-order valence-corrected chi connectivity index (χ1v) is 7.43. The summed E-state index contributed by atoms with van der Waals surface area (Å²) < 4.78 is 13.2. The van der Waals surface area contributed by atoms with E-state index in [0.717, 1.165) is 6.07 Å². The Morgan fingerprint density at radius 1 is 1.47 bits per heavy atom. The molecule has 2 nitrogen and oxygen atoms in total. The molecule has 94 valence electrons. The number of carbonyl (C=O) groups excluding carboxylic acids is 1. The van der Waals surface area contributed by atoms with Crippen molar-refractivity contribution in [2.75, 3.05) is 10.7 Å². The van der Waals surface area contributed by atoms with Crippen LogP contribution in [0.4, 0.5) is 4.39 Å². The second kappa shape index (κ2) is 6.16. The summed E-state index contributed by atoms with van der Waals surface area (Å²) in [5.41, 5.74) is -0.173. The van der Waals surface area contributed by atoms with Crippen molar-refractivity contribution in [1.29, 1.82) is 0 Å². The SMILES string of the molecule is CC(CBr)(CBr)NC(=O)c1ccc(Cl)c(F)c1. The third-order valence-electron chi connectivity index (χ3n) is 2.19. The Morgan fingerprint density at radius 2 is 2.06 bits per heavy atom. The number of halogens is 4. The number of hydrogen-bond acceptors (Lipinski definition) is 1. The summed E-state index contributed by atoms with van der Waals surface area (Å²) in [7, 11) is 0. The van der Waals surface area contributed by atoms with E-state index in [1.165, 1.54) is 12.1 Å². The number of hydrogen-bond donors (Lipinski definition) is 1. The third-order valence-corrected chi connectivity index (χ3v) is 4.97. The van der Waals surface area contributed by atoms with Crippen LogP contribution in [0.5, 0.6) is 0 Å². The van der Waals surface area contributed by atoms with Crippen LogP contribution in [-0.2, 0) is 0 Å². The maximum absolute atomic E-state index is 13.2. The van der Waals surface area contributed by atoms with Gasteiger partial charge in [0.1, 0.15) is 5.82 Å². The van der Waals surface area contributed by atoms with Crippen molar-refractivity contribution in [3.63, 3.8) is 0 Å². The van der Waals surface area contributed by atoms with Crippen molar-refractivity contribution in [3.05, 3.63) is 34.6 Å². The Hall–Kier alpha value is -0.130. The van der Waals surface area contributed by atoms with Crippen LogP contribution in [-0.4, -0.2) is 22.1 Å². The maximum Gasteiger partial charge on any atom is 0.251 e. The van der Waals surface area contributed by atoms with Gasteiger partial charge < -0.3 is 5.32 Å². The third kappa shape index (κ3) is 3.93. The minimum atomic E-state index is -0.598. The first-order chi connectivity index (χ1) is 7.91. The fraction of sp³-hybridized carbons (Fsp3) is 0.364. The molecule has 0 saturated heterocycles. The highest BCUT2D eigenvalue weighted by Gasteiger charge is 2.24. The molecule has 1 amide bonds. The molecule has 0 aliphatic heterocycles. The van der Waals surface area contributed by atoms with Gasteiger partial charge in [-0.1, -0.05) is 43.5 Å². The van der Waals surface area contributed by atoms with E-state index in [1.807, 2.05) is 6.92 Å². The smallest absolute Gasteiger partial charge is 0.251 e. The van der Waals surface area contributed by atoms with Gasteiger partial charge in [-0.3, -0.25) is 4.79 Å². The normalized spacial score (nSPS) is 11.4. The van der Waals surface area contributed by atoms with Gasteiger partial charge in [0, 0.05) is 16.2 Å². The summed E-state index contributed by atoms with van der Waals surface area (Å²) in [6.07, 6.45) is 0. The molecule has 0 aliphatic rings. The van der Waals surface area contributed by atoms with E-state index in [0.29, 0.717) is 10.7 Å². The fourth-order valence-electron chi connectivity index (χ4n) is 1.09. The number of carbonyl (C=O) groups is 1. The molecule has 17 heavy (non-hydrogen) atoms. The maximum atomic E-state index is 13.2. The van der Waals surface area contributed by atoms with Gasteiger partial charge in [-0.25, -0.2) is 4.39 Å². The standard InChI is InChI=1S/C11H11Br2ClFNO/c1-11(5-12,6-13)16-10(17)7-2-3-8(14)9(15)4-7/h2-4H,5-6H2,1H3,(H,16,17). The van der Waals surface area contributed by atoms with E-state index in [4.69, 9.17) is 11.6 Å². The van der Waals surface area contributed by atoms with Gasteiger partial charge in [0.25, 0.3) is 5.91 Å². The average molecular weight is 387 g/mol. The predicted molar refractivity (Wildman–Crippen MR) is 74.9 cm³/mol. The topological polar surface area (TPSA) is 29.1 Å². The lowest BCUT2D eigenvalue weighted by Crippen LogP contribution is -2.48. The van der Waals surface area contributed by atoms with E-state index < -0.39 is 11.4 Å². The number of rotatable bonds is 4. The van der Waals surface area contributed by atoms with Crippen LogP contribution in [0.3, 0.4) is 0 Å². The van der Waals surface area contributed by atoms with Crippen LogP contribution < -0.4 is 5.32 Å². The van der Waals surface area contributed by atoms with Gasteiger partial charge in [-0.2, -0.15) is 0 Å². The van der Waals surface area contributed by atoms with Gasteiger partial charge in [-0.05, 0) is 25.1 Å². The van der Waals surface area contributed by atoms with Crippen LogP contribution in [0.15, 0.2) is 18.2 Å². The van der Waals surface area contributed by atoms with Gasteiger partial charge >= 0.3 is 0 Å². The largest absolute Gasteiger partial charge is 0.345 e. The van der Waals surface area contributed by atoms with Gasteiger partial charge in [0.2, 0.25) is 0 Å². The predicted octanol–water partition coefficient (Wildman–Crippen LogP) is 3.76. The number of nitrogens with one attached hydrogen (secondary N) is 1. The summed E-state index contributed by atoms with van der Waals surface area (Å²) in [5.74, 6) is -0.930. The molecule has 1 aromatic rings. The molecule has 0 aromatic heterocycles. The second-order valence-corrected chi connectivity index (χ2v) is 5.44. The summed E-state index contributed by atoms with van der Waals surface area (Å²) >= 11 is 12.2. The molecule has 0 heterocycles. The quantitative estimate of drug-likeness (QED) is 0.784. The van der Waals surface area contributed by atoms with Crippen molar-refractivity contribution in [1.82, 2.24) is 5.32 Å². The van der Waals surface area contributed by atoms with E-state index in [9.17, 15) is 9.18 Å². The van der Waals surface area contributed by atoms with E-state index in [-0.39, 0.29) is 16.5 Å². The van der Waals surface area contributed by atoms with Crippen molar-refractivity contribution < 1.29 is 9.18 Å². The molecule has 0 fully saturated rings. The minimum Gasteiger partial charge on any atom is -0.345 e. The molecule has 0 bridgehead atoms. The Morgan fingerprint density at radius 3 is 2.53 bits per heavy atom. The molecular weight excluding hydrogens is 376 g/mol. The lowest BCUT2D eigenvalue weighted by molar-refractivity contribution is 0.0922. The number of alkyl halides is 2. The first-order valence-electron chi connectivity index (χ1n) is 4.81. The zero-order valence-electron chi connectivity index (χ0n) is 9.07. The zero-order chi connectivity index (χ0) is 13.1. The highest BCUT2D eigenvalue weighted by molar-refractivity contribution is 9.09.